The minimum atomic E-state index is -4.75. The molecule has 1 aliphatic heterocycles. The molecular weight excluding hydrogens is 331 g/mol. The molecule has 0 unspecified atom stereocenters. The van der Waals surface area contributed by atoms with E-state index in [4.69, 9.17) is 14.5 Å². The highest BCUT2D eigenvalue weighted by atomic mass is 31.2. The number of hydrogen-bond acceptors (Lipinski definition) is 6. The highest BCUT2D eigenvalue weighted by Crippen LogP contribution is 2.55. The molecule has 1 aromatic heterocycles. The first-order valence-electron chi connectivity index (χ1n) is 6.68. The summed E-state index contributed by atoms with van der Waals surface area (Å²) in [6.07, 6.45) is -0.723. The van der Waals surface area contributed by atoms with E-state index in [2.05, 4.69) is 16.1 Å². The Kier molecular flexibility index (Phi) is 3.71. The normalized spacial score (nSPS) is 33.3. The fraction of sp³-hybridized carbons (Fsp3) is 0.500. The molecule has 2 heterocycles. The van der Waals surface area contributed by atoms with Crippen molar-refractivity contribution in [3.05, 3.63) is 45.3 Å². The lowest BCUT2D eigenvalue weighted by Crippen LogP contribution is -2.42. The van der Waals surface area contributed by atoms with Gasteiger partial charge in [0.15, 0.2) is 0 Å². The number of rotatable bonds is 4. The number of phosphoric acid groups is 1. The van der Waals surface area contributed by atoms with Gasteiger partial charge in [-0.2, -0.15) is 0 Å². The van der Waals surface area contributed by atoms with E-state index in [1.807, 2.05) is 0 Å². The SMILES string of the molecule is C=C1C[C@]2(COP(=O)(O)O)O[C@@H](n3ccc(=O)[nH]c3=O)[C@H]1[C@@H]2O. The molecule has 126 valence electrons. The smallest absolute Gasteiger partial charge is 0.389 e. The molecule has 2 aliphatic rings. The van der Waals surface area contributed by atoms with Gasteiger partial charge in [-0.1, -0.05) is 12.2 Å². The lowest BCUT2D eigenvalue weighted by molar-refractivity contribution is -0.130. The summed E-state index contributed by atoms with van der Waals surface area (Å²) in [4.78, 5) is 42.8. The molecule has 0 amide bonds. The van der Waals surface area contributed by atoms with Crippen LogP contribution in [0.1, 0.15) is 12.6 Å². The van der Waals surface area contributed by atoms with Gasteiger partial charge >= 0.3 is 13.5 Å². The van der Waals surface area contributed by atoms with E-state index < -0.39 is 49.5 Å². The van der Waals surface area contributed by atoms with Crippen LogP contribution in [0.15, 0.2) is 34.0 Å². The summed E-state index contributed by atoms with van der Waals surface area (Å²) in [5.74, 6) is -0.654. The average Bonchev–Trinajstić information content (AvgIpc) is 2.83. The number of fused-ring (bicyclic) bond motifs is 2. The zero-order valence-corrected chi connectivity index (χ0v) is 12.7. The van der Waals surface area contributed by atoms with Crippen molar-refractivity contribution < 1.29 is 28.7 Å². The zero-order valence-electron chi connectivity index (χ0n) is 11.8. The minimum absolute atomic E-state index is 0.146. The molecule has 23 heavy (non-hydrogen) atoms. The number of nitrogens with one attached hydrogen (secondary N) is 1. The lowest BCUT2D eigenvalue weighted by atomic mass is 10.00. The Balaban J connectivity index is 1.95. The fourth-order valence-corrected chi connectivity index (χ4v) is 3.55. The summed E-state index contributed by atoms with van der Waals surface area (Å²) in [5, 5.41) is 10.4. The average molecular weight is 346 g/mol. The van der Waals surface area contributed by atoms with Crippen LogP contribution in [0.25, 0.3) is 0 Å². The van der Waals surface area contributed by atoms with E-state index in [-0.39, 0.29) is 6.42 Å². The molecule has 1 saturated heterocycles. The molecule has 1 aliphatic carbocycles. The summed E-state index contributed by atoms with van der Waals surface area (Å²) in [6, 6.07) is 1.13. The predicted molar refractivity (Wildman–Crippen MR) is 75.4 cm³/mol. The first-order valence-corrected chi connectivity index (χ1v) is 8.21. The van der Waals surface area contributed by atoms with Gasteiger partial charge in [-0.25, -0.2) is 9.36 Å². The van der Waals surface area contributed by atoms with Crippen molar-refractivity contribution >= 4 is 7.82 Å². The van der Waals surface area contributed by atoms with Crippen molar-refractivity contribution in [3.63, 3.8) is 0 Å². The Morgan fingerprint density at radius 3 is 2.83 bits per heavy atom. The van der Waals surface area contributed by atoms with Crippen molar-refractivity contribution in [2.75, 3.05) is 6.61 Å². The highest BCUT2D eigenvalue weighted by molar-refractivity contribution is 7.46. The van der Waals surface area contributed by atoms with Crippen LogP contribution < -0.4 is 11.2 Å². The number of nitrogens with zero attached hydrogens (tertiary/aromatic N) is 1. The third kappa shape index (κ3) is 2.74. The lowest BCUT2D eigenvalue weighted by Gasteiger charge is -2.32. The topological polar surface area (TPSA) is 151 Å². The van der Waals surface area contributed by atoms with Crippen LogP contribution in [0.5, 0.6) is 0 Å². The van der Waals surface area contributed by atoms with Crippen LogP contribution in [0.2, 0.25) is 0 Å². The Morgan fingerprint density at radius 2 is 2.22 bits per heavy atom. The molecule has 11 heteroatoms. The van der Waals surface area contributed by atoms with Gasteiger partial charge < -0.3 is 19.6 Å². The largest absolute Gasteiger partial charge is 0.469 e. The molecule has 0 radical (unpaired) electrons. The summed E-state index contributed by atoms with van der Waals surface area (Å²) in [7, 11) is -4.75. The van der Waals surface area contributed by atoms with Crippen LogP contribution in [-0.2, 0) is 13.8 Å². The van der Waals surface area contributed by atoms with Crippen LogP contribution in [-0.4, -0.2) is 42.8 Å². The van der Waals surface area contributed by atoms with Crippen molar-refractivity contribution in [1.29, 1.82) is 0 Å². The molecule has 4 atom stereocenters. The fourth-order valence-electron chi connectivity index (χ4n) is 3.16. The molecule has 2 bridgehead atoms. The van der Waals surface area contributed by atoms with Gasteiger partial charge in [-0.15, -0.1) is 0 Å². The maximum absolute atomic E-state index is 11.9. The van der Waals surface area contributed by atoms with Crippen LogP contribution in [0.4, 0.5) is 0 Å². The minimum Gasteiger partial charge on any atom is -0.389 e. The number of aromatic amines is 1. The second kappa shape index (κ2) is 5.23. The van der Waals surface area contributed by atoms with Gasteiger partial charge in [0.25, 0.3) is 5.56 Å². The molecule has 1 saturated carbocycles. The molecule has 10 nitrogen and oxygen atoms in total. The quantitative estimate of drug-likeness (QED) is 0.394. The predicted octanol–water partition coefficient (Wildman–Crippen LogP) is -1.15. The maximum atomic E-state index is 11.9. The van der Waals surface area contributed by atoms with Gasteiger partial charge in [0.05, 0.1) is 18.6 Å². The summed E-state index contributed by atoms with van der Waals surface area (Å²) < 4.78 is 22.2. The van der Waals surface area contributed by atoms with E-state index in [1.165, 1.54) is 6.20 Å². The molecule has 2 fully saturated rings. The van der Waals surface area contributed by atoms with Crippen molar-refractivity contribution in [3.8, 4) is 0 Å². The Morgan fingerprint density at radius 1 is 1.52 bits per heavy atom. The molecule has 4 N–H and O–H groups in total. The number of aromatic nitrogens is 2. The van der Waals surface area contributed by atoms with Gasteiger partial charge in [-0.05, 0) is 0 Å². The van der Waals surface area contributed by atoms with Crippen molar-refractivity contribution in [1.82, 2.24) is 9.55 Å². The summed E-state index contributed by atoms with van der Waals surface area (Å²) in [6.45, 7) is 3.27. The number of aliphatic hydroxyl groups is 1. The molecule has 0 spiro atoms. The number of ether oxygens (including phenoxy) is 1. The van der Waals surface area contributed by atoms with E-state index in [0.717, 1.165) is 10.6 Å². The Bertz CT molecular complexity index is 810. The number of hydrogen-bond donors (Lipinski definition) is 4. The van der Waals surface area contributed by atoms with E-state index in [9.17, 15) is 19.3 Å². The Hall–Kier alpha value is -1.55. The third-order valence-corrected chi connectivity index (χ3v) is 4.61. The van der Waals surface area contributed by atoms with Gasteiger partial charge in [0.1, 0.15) is 11.8 Å². The second-order valence-corrected chi connectivity index (χ2v) is 6.90. The van der Waals surface area contributed by atoms with Gasteiger partial charge in [0, 0.05) is 18.7 Å². The Labute approximate surface area is 129 Å². The molecule has 0 aromatic carbocycles. The second-order valence-electron chi connectivity index (χ2n) is 5.66. The molecule has 3 rings (SSSR count). The van der Waals surface area contributed by atoms with Crippen LogP contribution >= 0.6 is 7.82 Å². The van der Waals surface area contributed by atoms with Gasteiger partial charge in [0.2, 0.25) is 0 Å². The highest BCUT2D eigenvalue weighted by Gasteiger charge is 2.62. The zero-order chi connectivity index (χ0) is 17.0. The third-order valence-electron chi connectivity index (χ3n) is 4.14. The first kappa shape index (κ1) is 16.3. The molecule has 1 aromatic rings. The van der Waals surface area contributed by atoms with Crippen LogP contribution in [0.3, 0.4) is 0 Å². The van der Waals surface area contributed by atoms with Crippen LogP contribution in [0, 0.1) is 5.92 Å². The molecular formula is C12H15N2O8P. The van der Waals surface area contributed by atoms with Gasteiger partial charge in [-0.3, -0.25) is 18.9 Å². The standard InChI is InChI=1S/C12H15N2O8P/c1-6-4-12(5-21-23(18,19)20)9(16)8(6)10(22-12)14-3-2-7(15)13-11(14)17/h2-3,8-10,16H,1,4-5H2,(H,13,15,17)(H2,18,19,20)/t8-,9+,10-,12-/m1/s1. The maximum Gasteiger partial charge on any atom is 0.469 e. The van der Waals surface area contributed by atoms with Crippen molar-refractivity contribution in [2.45, 2.75) is 24.4 Å². The van der Waals surface area contributed by atoms with E-state index >= 15 is 0 Å². The number of aliphatic hydroxyl groups excluding tert-OH is 1. The first-order chi connectivity index (χ1) is 10.6. The number of H-pyrrole nitrogens is 1. The van der Waals surface area contributed by atoms with E-state index in [1.54, 1.807) is 0 Å². The summed E-state index contributed by atoms with van der Waals surface area (Å²) in [5.41, 5.74) is -2.13. The monoisotopic (exact) mass is 346 g/mol. The van der Waals surface area contributed by atoms with Crippen molar-refractivity contribution in [2.24, 2.45) is 5.92 Å². The van der Waals surface area contributed by atoms with E-state index in [0.29, 0.717) is 5.57 Å². The number of phosphoric ester groups is 1. The summed E-state index contributed by atoms with van der Waals surface area (Å²) >= 11 is 0.